The molecule has 2 N–H and O–H groups in total. The number of aromatic nitrogens is 1. The fourth-order valence-corrected chi connectivity index (χ4v) is 6.16. The van der Waals surface area contributed by atoms with Gasteiger partial charge in [0, 0.05) is 55.6 Å². The van der Waals surface area contributed by atoms with E-state index in [-0.39, 0.29) is 17.4 Å². The predicted molar refractivity (Wildman–Crippen MR) is 129 cm³/mol. The summed E-state index contributed by atoms with van der Waals surface area (Å²) in [4.78, 5) is 22.2. The van der Waals surface area contributed by atoms with Crippen LogP contribution in [-0.4, -0.2) is 76.4 Å². The van der Waals surface area contributed by atoms with E-state index in [9.17, 15) is 9.90 Å². The highest BCUT2D eigenvalue weighted by Crippen LogP contribution is 2.50. The van der Waals surface area contributed by atoms with Crippen LogP contribution in [0.3, 0.4) is 0 Å². The topological polar surface area (TPSA) is 81.3 Å². The van der Waals surface area contributed by atoms with Gasteiger partial charge in [-0.3, -0.25) is 4.79 Å². The maximum absolute atomic E-state index is 12.9. The SMILES string of the molecule is CCN1C(O)N2Cc3cc(OC)cc(OC)c3[C@@H](C)C=C2C12CCN(C(=O)c1ccc[nH]1)CC2. The highest BCUT2D eigenvalue weighted by Gasteiger charge is 2.55. The standard InChI is InChI=1S/C26H34N4O4/c1-5-30-25(32)29-16-18-14-19(33-3)15-21(34-4)23(18)17(2)13-22(29)26(30)8-11-28(12-9-26)24(31)20-7-6-10-27-20/h6-7,10,13-15,17,25,27,32H,5,8-9,11-12,16H2,1-4H3/t17-,25?/m0/s1. The van der Waals surface area contributed by atoms with Gasteiger partial charge < -0.3 is 29.4 Å². The number of aliphatic hydroxyl groups excluding tert-OH is 1. The summed E-state index contributed by atoms with van der Waals surface area (Å²) >= 11 is 0. The third-order valence-corrected chi connectivity index (χ3v) is 7.80. The number of carbonyl (C=O) groups excluding carboxylic acids is 1. The summed E-state index contributed by atoms with van der Waals surface area (Å²) < 4.78 is 11.3. The zero-order chi connectivity index (χ0) is 24.0. The number of benzene rings is 1. The van der Waals surface area contributed by atoms with Crippen molar-refractivity contribution in [3.63, 3.8) is 0 Å². The molecular weight excluding hydrogens is 432 g/mol. The Kier molecular flexibility index (Phi) is 5.81. The second kappa shape index (κ2) is 8.67. The first-order chi connectivity index (χ1) is 16.4. The second-order valence-corrected chi connectivity index (χ2v) is 9.41. The molecule has 4 heterocycles. The number of rotatable bonds is 4. The maximum atomic E-state index is 12.9. The molecule has 1 spiro atoms. The molecule has 2 aromatic rings. The van der Waals surface area contributed by atoms with Gasteiger partial charge in [0.1, 0.15) is 17.2 Å². The Hall–Kier alpha value is -2.97. The van der Waals surface area contributed by atoms with Crippen molar-refractivity contribution in [2.75, 3.05) is 33.9 Å². The van der Waals surface area contributed by atoms with Gasteiger partial charge in [0.25, 0.3) is 5.91 Å². The van der Waals surface area contributed by atoms with Crippen LogP contribution in [0, 0.1) is 0 Å². The first kappa shape index (κ1) is 22.8. The largest absolute Gasteiger partial charge is 0.497 e. The zero-order valence-corrected chi connectivity index (χ0v) is 20.4. The molecule has 1 aromatic carbocycles. The van der Waals surface area contributed by atoms with Gasteiger partial charge in [-0.05, 0) is 36.6 Å². The van der Waals surface area contributed by atoms with Crippen molar-refractivity contribution in [3.8, 4) is 11.5 Å². The van der Waals surface area contributed by atoms with Crippen LogP contribution in [0.25, 0.3) is 0 Å². The molecule has 2 fully saturated rings. The third-order valence-electron chi connectivity index (χ3n) is 7.80. The van der Waals surface area contributed by atoms with Gasteiger partial charge in [-0.2, -0.15) is 0 Å². The van der Waals surface area contributed by atoms with E-state index in [2.05, 4.69) is 40.8 Å². The van der Waals surface area contributed by atoms with Gasteiger partial charge in [-0.1, -0.05) is 19.9 Å². The number of aliphatic hydroxyl groups is 1. The van der Waals surface area contributed by atoms with Gasteiger partial charge >= 0.3 is 0 Å². The molecule has 2 saturated heterocycles. The number of nitrogens with one attached hydrogen (secondary N) is 1. The van der Waals surface area contributed by atoms with Crippen molar-refractivity contribution >= 4 is 5.91 Å². The summed E-state index contributed by atoms with van der Waals surface area (Å²) in [7, 11) is 3.35. The minimum absolute atomic E-state index is 0.0331. The number of nitrogens with zero attached hydrogens (tertiary/aromatic N) is 3. The monoisotopic (exact) mass is 466 g/mol. The fraction of sp³-hybridized carbons (Fsp3) is 0.500. The summed E-state index contributed by atoms with van der Waals surface area (Å²) in [6, 6.07) is 7.65. The molecular formula is C26H34N4O4. The fourth-order valence-electron chi connectivity index (χ4n) is 6.16. The average molecular weight is 467 g/mol. The summed E-state index contributed by atoms with van der Waals surface area (Å²) in [6.45, 7) is 6.86. The quantitative estimate of drug-likeness (QED) is 0.721. The summed E-state index contributed by atoms with van der Waals surface area (Å²) in [5.41, 5.74) is 3.69. The lowest BCUT2D eigenvalue weighted by molar-refractivity contribution is -0.0852. The Morgan fingerprint density at radius 3 is 2.62 bits per heavy atom. The predicted octanol–water partition coefficient (Wildman–Crippen LogP) is 3.12. The minimum Gasteiger partial charge on any atom is -0.497 e. The van der Waals surface area contributed by atoms with Crippen LogP contribution < -0.4 is 9.47 Å². The molecule has 2 atom stereocenters. The third kappa shape index (κ3) is 3.39. The van der Waals surface area contributed by atoms with E-state index in [1.54, 1.807) is 20.4 Å². The molecule has 1 unspecified atom stereocenters. The highest BCUT2D eigenvalue weighted by molar-refractivity contribution is 5.92. The van der Waals surface area contributed by atoms with Crippen LogP contribution in [0.2, 0.25) is 0 Å². The van der Waals surface area contributed by atoms with Crippen LogP contribution in [0.15, 0.2) is 42.2 Å². The molecule has 182 valence electrons. The number of likely N-dealkylation sites (N-methyl/N-ethyl adjacent to an activating group) is 1. The molecule has 34 heavy (non-hydrogen) atoms. The van der Waals surface area contributed by atoms with Crippen molar-refractivity contribution in [2.24, 2.45) is 0 Å². The molecule has 8 nitrogen and oxygen atoms in total. The number of allylic oxidation sites excluding steroid dienone is 1. The van der Waals surface area contributed by atoms with Crippen molar-refractivity contribution in [1.29, 1.82) is 0 Å². The molecule has 1 amide bonds. The number of amides is 1. The first-order valence-electron chi connectivity index (χ1n) is 12.0. The van der Waals surface area contributed by atoms with Gasteiger partial charge in [0.2, 0.25) is 0 Å². The van der Waals surface area contributed by atoms with Gasteiger partial charge in [-0.15, -0.1) is 0 Å². The summed E-state index contributed by atoms with van der Waals surface area (Å²) in [5.74, 6) is 1.70. The normalized spacial score (nSPS) is 23.9. The smallest absolute Gasteiger partial charge is 0.270 e. The van der Waals surface area contributed by atoms with Gasteiger partial charge in [0.15, 0.2) is 6.35 Å². The molecule has 8 heteroatoms. The lowest BCUT2D eigenvalue weighted by Gasteiger charge is -2.44. The zero-order valence-electron chi connectivity index (χ0n) is 20.4. The van der Waals surface area contributed by atoms with E-state index in [0.29, 0.717) is 25.3 Å². The number of piperidine rings is 1. The van der Waals surface area contributed by atoms with Crippen LogP contribution in [0.5, 0.6) is 11.5 Å². The molecule has 0 bridgehead atoms. The molecule has 3 aliphatic rings. The number of likely N-dealkylation sites (tertiary alicyclic amines) is 1. The molecule has 0 radical (unpaired) electrons. The van der Waals surface area contributed by atoms with E-state index in [1.807, 2.05) is 23.1 Å². The van der Waals surface area contributed by atoms with Crippen molar-refractivity contribution in [3.05, 3.63) is 59.1 Å². The summed E-state index contributed by atoms with van der Waals surface area (Å²) in [5, 5.41) is 11.5. The number of fused-ring (bicyclic) bond motifs is 3. The minimum atomic E-state index is -0.725. The Bertz CT molecular complexity index is 1090. The lowest BCUT2D eigenvalue weighted by Crippen LogP contribution is -2.55. The number of hydrogen-bond acceptors (Lipinski definition) is 6. The molecule has 3 aliphatic heterocycles. The van der Waals surface area contributed by atoms with Crippen LogP contribution in [0.4, 0.5) is 0 Å². The van der Waals surface area contributed by atoms with E-state index in [1.165, 1.54) is 0 Å². The number of carbonyl (C=O) groups is 1. The van der Waals surface area contributed by atoms with Crippen LogP contribution in [-0.2, 0) is 6.54 Å². The molecule has 5 rings (SSSR count). The Morgan fingerprint density at radius 1 is 1.24 bits per heavy atom. The van der Waals surface area contributed by atoms with Crippen LogP contribution >= 0.6 is 0 Å². The van der Waals surface area contributed by atoms with Crippen LogP contribution in [0.1, 0.15) is 54.2 Å². The van der Waals surface area contributed by atoms with Crippen molar-refractivity contribution in [2.45, 2.75) is 51.0 Å². The molecule has 0 saturated carbocycles. The number of ether oxygens (including phenoxy) is 2. The Morgan fingerprint density at radius 2 is 2.00 bits per heavy atom. The Balaban J connectivity index is 1.50. The number of aromatic amines is 1. The number of H-pyrrole nitrogens is 1. The Labute approximate surface area is 200 Å². The average Bonchev–Trinajstić information content (AvgIpc) is 3.42. The van der Waals surface area contributed by atoms with Gasteiger partial charge in [0.05, 0.1) is 19.8 Å². The molecule has 0 aliphatic carbocycles. The second-order valence-electron chi connectivity index (χ2n) is 9.41. The highest BCUT2D eigenvalue weighted by atomic mass is 16.5. The van der Waals surface area contributed by atoms with Crippen molar-refractivity contribution in [1.82, 2.24) is 19.7 Å². The number of hydrogen-bond donors (Lipinski definition) is 2. The van der Waals surface area contributed by atoms with E-state index >= 15 is 0 Å². The maximum Gasteiger partial charge on any atom is 0.270 e. The lowest BCUT2D eigenvalue weighted by atomic mass is 9.82. The number of methoxy groups -OCH3 is 2. The summed E-state index contributed by atoms with van der Waals surface area (Å²) in [6.07, 6.45) is 4.90. The van der Waals surface area contributed by atoms with Gasteiger partial charge in [-0.25, -0.2) is 4.90 Å². The first-order valence-corrected chi connectivity index (χ1v) is 12.0. The molecule has 1 aromatic heterocycles. The van der Waals surface area contributed by atoms with E-state index < -0.39 is 6.35 Å². The van der Waals surface area contributed by atoms with Crippen molar-refractivity contribution < 1.29 is 19.4 Å². The van der Waals surface area contributed by atoms with E-state index in [0.717, 1.165) is 47.7 Å². The van der Waals surface area contributed by atoms with E-state index in [4.69, 9.17) is 9.47 Å².